The lowest BCUT2D eigenvalue weighted by atomic mass is 10.2. The number of anilines is 1. The Morgan fingerprint density at radius 3 is 2.52 bits per heavy atom. The first-order valence-electron chi connectivity index (χ1n) is 5.70. The van der Waals surface area contributed by atoms with Gasteiger partial charge in [0.25, 0.3) is 10.0 Å². The molecule has 0 saturated carbocycles. The highest BCUT2D eigenvalue weighted by molar-refractivity contribution is 9.10. The number of rotatable bonds is 4. The number of hydrogen-bond acceptors (Lipinski definition) is 3. The quantitative estimate of drug-likeness (QED) is 0.798. The van der Waals surface area contributed by atoms with Crippen molar-refractivity contribution in [3.8, 4) is 0 Å². The maximum absolute atomic E-state index is 12.4. The van der Waals surface area contributed by atoms with Gasteiger partial charge < -0.3 is 5.11 Å². The molecular formula is C13H10BrCl2NO3S. The molecule has 0 heterocycles. The predicted octanol–water partition coefficient (Wildman–Crippen LogP) is 4.05. The number of halogens is 3. The highest BCUT2D eigenvalue weighted by Gasteiger charge is 2.20. The summed E-state index contributed by atoms with van der Waals surface area (Å²) in [4.78, 5) is -0.109. The lowest BCUT2D eigenvalue weighted by molar-refractivity contribution is 0.281. The average Bonchev–Trinajstić information content (AvgIpc) is 2.43. The molecular weight excluding hydrogens is 401 g/mol. The molecule has 0 radical (unpaired) electrons. The molecule has 4 nitrogen and oxygen atoms in total. The Balaban J connectivity index is 2.45. The molecule has 112 valence electrons. The van der Waals surface area contributed by atoms with Gasteiger partial charge in [-0.2, -0.15) is 0 Å². The van der Waals surface area contributed by atoms with Gasteiger partial charge in [-0.1, -0.05) is 29.3 Å². The lowest BCUT2D eigenvalue weighted by Gasteiger charge is -2.12. The number of hydrogen-bond donors (Lipinski definition) is 2. The van der Waals surface area contributed by atoms with E-state index in [2.05, 4.69) is 20.7 Å². The molecule has 0 amide bonds. The summed E-state index contributed by atoms with van der Waals surface area (Å²) in [7, 11) is -3.90. The van der Waals surface area contributed by atoms with Gasteiger partial charge >= 0.3 is 0 Å². The summed E-state index contributed by atoms with van der Waals surface area (Å²) in [5, 5.41) is 9.57. The van der Waals surface area contributed by atoms with Crippen molar-refractivity contribution < 1.29 is 13.5 Å². The monoisotopic (exact) mass is 409 g/mol. The first-order valence-corrected chi connectivity index (χ1v) is 8.74. The van der Waals surface area contributed by atoms with Gasteiger partial charge in [0.05, 0.1) is 17.3 Å². The third-order valence-electron chi connectivity index (χ3n) is 2.64. The number of benzene rings is 2. The van der Waals surface area contributed by atoms with Gasteiger partial charge in [-0.25, -0.2) is 8.42 Å². The van der Waals surface area contributed by atoms with Gasteiger partial charge in [0, 0.05) is 9.50 Å². The molecule has 0 saturated heterocycles. The van der Waals surface area contributed by atoms with Crippen LogP contribution in [0.3, 0.4) is 0 Å². The van der Waals surface area contributed by atoms with Crippen molar-refractivity contribution >= 4 is 54.8 Å². The van der Waals surface area contributed by atoms with Crippen LogP contribution in [0.25, 0.3) is 0 Å². The Hall–Kier alpha value is -0.790. The Labute approximate surface area is 140 Å². The van der Waals surface area contributed by atoms with E-state index >= 15 is 0 Å². The molecule has 21 heavy (non-hydrogen) atoms. The van der Waals surface area contributed by atoms with Gasteiger partial charge in [-0.3, -0.25) is 4.72 Å². The maximum Gasteiger partial charge on any atom is 0.263 e. The van der Waals surface area contributed by atoms with Gasteiger partial charge in [0.2, 0.25) is 0 Å². The fourth-order valence-electron chi connectivity index (χ4n) is 1.63. The van der Waals surface area contributed by atoms with Gasteiger partial charge in [0.15, 0.2) is 0 Å². The van der Waals surface area contributed by atoms with Crippen LogP contribution >= 0.6 is 39.1 Å². The molecule has 0 aromatic heterocycles. The molecule has 2 aromatic carbocycles. The van der Waals surface area contributed by atoms with Crippen LogP contribution in [0.1, 0.15) is 5.56 Å². The van der Waals surface area contributed by atoms with Crippen LogP contribution < -0.4 is 4.72 Å². The van der Waals surface area contributed by atoms with E-state index in [9.17, 15) is 8.42 Å². The topological polar surface area (TPSA) is 66.4 Å². The van der Waals surface area contributed by atoms with Crippen molar-refractivity contribution in [2.24, 2.45) is 0 Å². The van der Waals surface area contributed by atoms with Crippen molar-refractivity contribution in [1.82, 2.24) is 0 Å². The highest BCUT2D eigenvalue weighted by Crippen LogP contribution is 2.30. The van der Waals surface area contributed by atoms with Crippen LogP contribution in [0, 0.1) is 0 Å². The smallest absolute Gasteiger partial charge is 0.263 e. The van der Waals surface area contributed by atoms with Gasteiger partial charge in [-0.15, -0.1) is 0 Å². The van der Waals surface area contributed by atoms with Crippen LogP contribution in [0.2, 0.25) is 10.0 Å². The van der Waals surface area contributed by atoms with Crippen LogP contribution in [0.5, 0.6) is 0 Å². The van der Waals surface area contributed by atoms with Crippen LogP contribution in [0.4, 0.5) is 5.69 Å². The van der Waals surface area contributed by atoms with Crippen LogP contribution in [-0.4, -0.2) is 13.5 Å². The van der Waals surface area contributed by atoms with Crippen molar-refractivity contribution in [1.29, 1.82) is 0 Å². The molecule has 0 spiro atoms. The van der Waals surface area contributed by atoms with Crippen molar-refractivity contribution in [2.75, 3.05) is 4.72 Å². The Morgan fingerprint density at radius 1 is 1.14 bits per heavy atom. The van der Waals surface area contributed by atoms with Crippen LogP contribution in [0.15, 0.2) is 45.8 Å². The van der Waals surface area contributed by atoms with E-state index in [0.29, 0.717) is 20.7 Å². The minimum Gasteiger partial charge on any atom is -0.392 e. The standard InChI is InChI=1S/C13H10BrCl2NO3S/c14-10-3-2-9(15)6-12(10)17-21(19,20)13-5-8(7-18)1-4-11(13)16/h1-6,17-18H,7H2. The zero-order valence-electron chi connectivity index (χ0n) is 10.5. The molecule has 0 aliphatic heterocycles. The predicted molar refractivity (Wildman–Crippen MR) is 87.3 cm³/mol. The number of aliphatic hydroxyl groups is 1. The van der Waals surface area contributed by atoms with Gasteiger partial charge in [0.1, 0.15) is 4.90 Å². The van der Waals surface area contributed by atoms with E-state index in [1.54, 1.807) is 18.2 Å². The lowest BCUT2D eigenvalue weighted by Crippen LogP contribution is -2.14. The fourth-order valence-corrected chi connectivity index (χ4v) is 3.90. The van der Waals surface area contributed by atoms with E-state index in [0.717, 1.165) is 0 Å². The molecule has 0 aliphatic carbocycles. The number of sulfonamides is 1. The van der Waals surface area contributed by atoms with E-state index in [4.69, 9.17) is 28.3 Å². The highest BCUT2D eigenvalue weighted by atomic mass is 79.9. The molecule has 0 unspecified atom stereocenters. The second kappa shape index (κ2) is 6.54. The molecule has 0 fully saturated rings. The summed E-state index contributed by atoms with van der Waals surface area (Å²) in [5.41, 5.74) is 0.748. The minimum absolute atomic E-state index is 0.0675. The van der Waals surface area contributed by atoms with E-state index in [-0.39, 0.29) is 16.5 Å². The summed E-state index contributed by atoms with van der Waals surface area (Å²) in [5.74, 6) is 0. The molecule has 2 rings (SSSR count). The molecule has 0 aliphatic rings. The summed E-state index contributed by atoms with van der Waals surface area (Å²) in [6.45, 7) is -0.277. The zero-order chi connectivity index (χ0) is 15.6. The number of nitrogens with one attached hydrogen (secondary N) is 1. The maximum atomic E-state index is 12.4. The molecule has 2 N–H and O–H groups in total. The molecule has 0 atom stereocenters. The second-order valence-corrected chi connectivity index (χ2v) is 7.50. The van der Waals surface area contributed by atoms with E-state index in [1.807, 2.05) is 0 Å². The summed E-state index contributed by atoms with van der Waals surface area (Å²) < 4.78 is 27.8. The fraction of sp³-hybridized carbons (Fsp3) is 0.0769. The first-order chi connectivity index (χ1) is 9.83. The van der Waals surface area contributed by atoms with E-state index in [1.165, 1.54) is 18.2 Å². The molecule has 2 aromatic rings. The van der Waals surface area contributed by atoms with Crippen molar-refractivity contribution in [3.63, 3.8) is 0 Å². The summed E-state index contributed by atoms with van der Waals surface area (Å²) >= 11 is 15.0. The van der Waals surface area contributed by atoms with Crippen molar-refractivity contribution in [2.45, 2.75) is 11.5 Å². The molecule has 8 heteroatoms. The third kappa shape index (κ3) is 3.90. The average molecular weight is 411 g/mol. The minimum atomic E-state index is -3.90. The Bertz CT molecular complexity index is 781. The number of aliphatic hydroxyl groups excluding tert-OH is 1. The third-order valence-corrected chi connectivity index (χ3v) is 5.41. The Morgan fingerprint density at radius 2 is 1.86 bits per heavy atom. The van der Waals surface area contributed by atoms with Crippen molar-refractivity contribution in [3.05, 3.63) is 56.5 Å². The zero-order valence-corrected chi connectivity index (χ0v) is 14.4. The largest absolute Gasteiger partial charge is 0.392 e. The summed E-state index contributed by atoms with van der Waals surface area (Å²) in [6, 6.07) is 9.04. The van der Waals surface area contributed by atoms with E-state index < -0.39 is 10.0 Å². The molecule has 0 bridgehead atoms. The Kier molecular flexibility index (Phi) is 5.16. The summed E-state index contributed by atoms with van der Waals surface area (Å²) in [6.07, 6.45) is 0. The van der Waals surface area contributed by atoms with Crippen LogP contribution in [-0.2, 0) is 16.6 Å². The SMILES string of the molecule is O=S(=O)(Nc1cc(Cl)ccc1Br)c1cc(CO)ccc1Cl. The normalized spacial score (nSPS) is 11.4. The second-order valence-electron chi connectivity index (χ2n) is 4.15. The first kappa shape index (κ1) is 16.6. The van der Waals surface area contributed by atoms with Gasteiger partial charge in [-0.05, 0) is 51.8 Å².